The Morgan fingerprint density at radius 1 is 0.864 bits per heavy atom. The van der Waals surface area contributed by atoms with Gasteiger partial charge in [-0.25, -0.2) is 0 Å². The summed E-state index contributed by atoms with van der Waals surface area (Å²) in [5.41, 5.74) is 1.16. The number of benzene rings is 1. The molecule has 3 heteroatoms. The SMILES string of the molecule is C=CCCc1ccc(OCCC)c(OCCC)c1OCCC. The lowest BCUT2D eigenvalue weighted by molar-refractivity contribution is 0.241. The first-order chi connectivity index (χ1) is 10.8. The van der Waals surface area contributed by atoms with Crippen molar-refractivity contribution >= 4 is 0 Å². The van der Waals surface area contributed by atoms with Gasteiger partial charge in [-0.2, -0.15) is 0 Å². The molecule has 0 aromatic heterocycles. The van der Waals surface area contributed by atoms with Crippen LogP contribution in [0.15, 0.2) is 24.8 Å². The molecule has 0 saturated heterocycles. The third kappa shape index (κ3) is 5.63. The van der Waals surface area contributed by atoms with E-state index in [0.29, 0.717) is 19.8 Å². The lowest BCUT2D eigenvalue weighted by atomic mass is 10.1. The van der Waals surface area contributed by atoms with Crippen molar-refractivity contribution in [3.05, 3.63) is 30.4 Å². The van der Waals surface area contributed by atoms with Gasteiger partial charge in [0, 0.05) is 0 Å². The standard InChI is InChI=1S/C19H30O3/c1-5-9-10-16-11-12-17(20-13-6-2)19(22-15-8-4)18(16)21-14-7-3/h5,11-12H,1,6-10,13-15H2,2-4H3. The van der Waals surface area contributed by atoms with Crippen LogP contribution in [-0.2, 0) is 6.42 Å². The smallest absolute Gasteiger partial charge is 0.203 e. The fourth-order valence-electron chi connectivity index (χ4n) is 2.07. The molecule has 0 aliphatic carbocycles. The van der Waals surface area contributed by atoms with Gasteiger partial charge in [0.2, 0.25) is 5.75 Å². The van der Waals surface area contributed by atoms with E-state index in [1.165, 1.54) is 0 Å². The first-order valence-corrected chi connectivity index (χ1v) is 8.43. The fraction of sp³-hybridized carbons (Fsp3) is 0.579. The number of hydrogen-bond acceptors (Lipinski definition) is 3. The van der Waals surface area contributed by atoms with Gasteiger partial charge in [0.25, 0.3) is 0 Å². The van der Waals surface area contributed by atoms with E-state index in [1.54, 1.807) is 0 Å². The number of ether oxygens (including phenoxy) is 3. The minimum atomic E-state index is 0.663. The molecule has 0 heterocycles. The Balaban J connectivity index is 3.13. The monoisotopic (exact) mass is 306 g/mol. The van der Waals surface area contributed by atoms with Gasteiger partial charge in [-0.15, -0.1) is 6.58 Å². The van der Waals surface area contributed by atoms with Crippen LogP contribution in [0.25, 0.3) is 0 Å². The molecule has 0 unspecified atom stereocenters. The molecular weight excluding hydrogens is 276 g/mol. The Kier molecular flexibility index (Phi) is 9.20. The zero-order valence-electron chi connectivity index (χ0n) is 14.3. The van der Waals surface area contributed by atoms with Gasteiger partial charge in [-0.1, -0.05) is 32.9 Å². The van der Waals surface area contributed by atoms with Crippen LogP contribution in [0.1, 0.15) is 52.0 Å². The van der Waals surface area contributed by atoms with Crippen molar-refractivity contribution in [2.24, 2.45) is 0 Å². The molecule has 0 spiro atoms. The summed E-state index contributed by atoms with van der Waals surface area (Å²) in [4.78, 5) is 0. The maximum absolute atomic E-state index is 5.99. The van der Waals surface area contributed by atoms with E-state index in [2.05, 4.69) is 33.4 Å². The highest BCUT2D eigenvalue weighted by molar-refractivity contribution is 5.56. The van der Waals surface area contributed by atoms with Crippen molar-refractivity contribution < 1.29 is 14.2 Å². The summed E-state index contributed by atoms with van der Waals surface area (Å²) in [6, 6.07) is 4.08. The van der Waals surface area contributed by atoms with Gasteiger partial charge in [0.1, 0.15) is 0 Å². The minimum absolute atomic E-state index is 0.663. The highest BCUT2D eigenvalue weighted by Gasteiger charge is 2.17. The van der Waals surface area contributed by atoms with Crippen molar-refractivity contribution in [1.29, 1.82) is 0 Å². The largest absolute Gasteiger partial charge is 0.490 e. The molecule has 1 aromatic carbocycles. The Morgan fingerprint density at radius 3 is 2.05 bits per heavy atom. The number of hydrogen-bond donors (Lipinski definition) is 0. The van der Waals surface area contributed by atoms with Gasteiger partial charge in [0.05, 0.1) is 19.8 Å². The zero-order valence-corrected chi connectivity index (χ0v) is 14.3. The van der Waals surface area contributed by atoms with Gasteiger partial charge in [-0.05, 0) is 43.7 Å². The van der Waals surface area contributed by atoms with E-state index < -0.39 is 0 Å². The van der Waals surface area contributed by atoms with E-state index in [1.807, 2.05) is 12.1 Å². The molecule has 1 aromatic rings. The minimum Gasteiger partial charge on any atom is -0.490 e. The van der Waals surface area contributed by atoms with Crippen LogP contribution in [0.3, 0.4) is 0 Å². The summed E-state index contributed by atoms with van der Waals surface area (Å²) >= 11 is 0. The molecule has 124 valence electrons. The highest BCUT2D eigenvalue weighted by atomic mass is 16.5. The van der Waals surface area contributed by atoms with Crippen molar-refractivity contribution in [3.63, 3.8) is 0 Å². The van der Waals surface area contributed by atoms with Crippen LogP contribution in [-0.4, -0.2) is 19.8 Å². The molecule has 0 aliphatic heterocycles. The topological polar surface area (TPSA) is 27.7 Å². The summed E-state index contributed by atoms with van der Waals surface area (Å²) in [6.07, 6.45) is 6.64. The summed E-state index contributed by atoms with van der Waals surface area (Å²) in [6.45, 7) is 12.1. The van der Waals surface area contributed by atoms with Crippen LogP contribution >= 0.6 is 0 Å². The summed E-state index contributed by atoms with van der Waals surface area (Å²) < 4.78 is 17.8. The lowest BCUT2D eigenvalue weighted by Gasteiger charge is -2.19. The van der Waals surface area contributed by atoms with Crippen LogP contribution < -0.4 is 14.2 Å². The van der Waals surface area contributed by atoms with E-state index in [0.717, 1.165) is 54.9 Å². The van der Waals surface area contributed by atoms with Crippen LogP contribution in [0, 0.1) is 0 Å². The number of allylic oxidation sites excluding steroid dienone is 1. The average Bonchev–Trinajstić information content (AvgIpc) is 2.55. The van der Waals surface area contributed by atoms with Gasteiger partial charge < -0.3 is 14.2 Å². The second kappa shape index (κ2) is 11.0. The van der Waals surface area contributed by atoms with Crippen molar-refractivity contribution in [2.45, 2.75) is 52.9 Å². The van der Waals surface area contributed by atoms with Gasteiger partial charge in [0.15, 0.2) is 11.5 Å². The van der Waals surface area contributed by atoms with Crippen molar-refractivity contribution in [2.75, 3.05) is 19.8 Å². The van der Waals surface area contributed by atoms with Crippen molar-refractivity contribution in [3.8, 4) is 17.2 Å². The number of rotatable bonds is 12. The molecule has 0 bridgehead atoms. The maximum Gasteiger partial charge on any atom is 0.203 e. The number of aryl methyl sites for hydroxylation is 1. The average molecular weight is 306 g/mol. The molecule has 0 saturated carbocycles. The maximum atomic E-state index is 5.99. The summed E-state index contributed by atoms with van der Waals surface area (Å²) in [7, 11) is 0. The molecule has 0 aliphatic rings. The zero-order chi connectivity index (χ0) is 16.2. The second-order valence-corrected chi connectivity index (χ2v) is 5.25. The Labute approximate surface area is 135 Å². The molecule has 1 rings (SSSR count). The Morgan fingerprint density at radius 2 is 1.45 bits per heavy atom. The van der Waals surface area contributed by atoms with Crippen LogP contribution in [0.5, 0.6) is 17.2 Å². The molecule has 0 amide bonds. The molecular formula is C19H30O3. The predicted octanol–water partition coefficient (Wildman–Crippen LogP) is 5.17. The van der Waals surface area contributed by atoms with Crippen molar-refractivity contribution in [1.82, 2.24) is 0 Å². The highest BCUT2D eigenvalue weighted by Crippen LogP contribution is 2.41. The van der Waals surface area contributed by atoms with Gasteiger partial charge in [-0.3, -0.25) is 0 Å². The molecule has 3 nitrogen and oxygen atoms in total. The van der Waals surface area contributed by atoms with E-state index in [4.69, 9.17) is 14.2 Å². The lowest BCUT2D eigenvalue weighted by Crippen LogP contribution is -2.07. The van der Waals surface area contributed by atoms with Crippen LogP contribution in [0.2, 0.25) is 0 Å². The predicted molar refractivity (Wildman–Crippen MR) is 92.3 cm³/mol. The Bertz CT molecular complexity index is 441. The quantitative estimate of drug-likeness (QED) is 0.498. The molecule has 22 heavy (non-hydrogen) atoms. The summed E-state index contributed by atoms with van der Waals surface area (Å²) in [5.74, 6) is 2.37. The first-order valence-electron chi connectivity index (χ1n) is 8.43. The summed E-state index contributed by atoms with van der Waals surface area (Å²) in [5, 5.41) is 0. The normalized spacial score (nSPS) is 10.3. The third-order valence-corrected chi connectivity index (χ3v) is 3.14. The van der Waals surface area contributed by atoms with E-state index in [9.17, 15) is 0 Å². The van der Waals surface area contributed by atoms with Gasteiger partial charge >= 0.3 is 0 Å². The fourth-order valence-corrected chi connectivity index (χ4v) is 2.07. The molecule has 0 atom stereocenters. The molecule has 0 fully saturated rings. The van der Waals surface area contributed by atoms with E-state index >= 15 is 0 Å². The first kappa shape index (κ1) is 18.4. The Hall–Kier alpha value is -1.64. The van der Waals surface area contributed by atoms with Crippen LogP contribution in [0.4, 0.5) is 0 Å². The second-order valence-electron chi connectivity index (χ2n) is 5.25. The molecule has 0 radical (unpaired) electrons. The third-order valence-electron chi connectivity index (χ3n) is 3.14. The van der Waals surface area contributed by atoms with E-state index in [-0.39, 0.29) is 0 Å². The molecule has 0 N–H and O–H groups in total.